The van der Waals surface area contributed by atoms with Crippen LogP contribution in [0.1, 0.15) is 68.9 Å². The number of nitro benzene ring substituents is 1. The molecule has 6 aromatic carbocycles. The van der Waals surface area contributed by atoms with Crippen LogP contribution in [-0.4, -0.2) is 70.1 Å². The standard InChI is InChI=1S/C59H61N3O10/c1-3-35-68-59-55(61(39-44-20-14-19-42-17-8-9-21-49(42)44)58(65)71-47-29-25-45(26-30-47)62(66)67)38-53(60-69-4-2)51-36-43(18-10-12-33-63)50(22-11-13-34-64)56(57(51)59)52-37-48(31-32-54(52)72-59)70-46-27-23-41(24-28-46)40-15-6-5-7-16-40/h3,5-9,14-17,19-21,23-32,36-37,43,50,55-57,63-64H,1,4,10-13,18,22,33-35,38-39H2,2H3/t43-,50+,55-,56+,57+,59+/m0/s1. The van der Waals surface area contributed by atoms with Crippen LogP contribution >= 0.6 is 0 Å². The summed E-state index contributed by atoms with van der Waals surface area (Å²) in [6.45, 7) is 6.50. The lowest BCUT2D eigenvalue weighted by molar-refractivity contribution is -0.384. The predicted octanol–water partition coefficient (Wildman–Crippen LogP) is 12.6. The number of fused-ring (bicyclic) bond motifs is 3. The van der Waals surface area contributed by atoms with E-state index in [0.717, 1.165) is 64.3 Å². The Morgan fingerprint density at radius 2 is 1.54 bits per heavy atom. The molecule has 372 valence electrons. The maximum atomic E-state index is 15.3. The molecule has 72 heavy (non-hydrogen) atoms. The van der Waals surface area contributed by atoms with Gasteiger partial charge in [0, 0.05) is 43.2 Å². The van der Waals surface area contributed by atoms with Crippen LogP contribution in [0.5, 0.6) is 23.0 Å². The Hall–Kier alpha value is -7.32. The summed E-state index contributed by atoms with van der Waals surface area (Å²) < 4.78 is 27.6. The molecule has 0 spiro atoms. The lowest BCUT2D eigenvalue weighted by Gasteiger charge is -2.59. The van der Waals surface area contributed by atoms with Crippen LogP contribution in [0.2, 0.25) is 0 Å². The molecule has 0 bridgehead atoms. The number of nitrogens with zero attached hydrogens (tertiary/aromatic N) is 3. The molecule has 2 aliphatic carbocycles. The van der Waals surface area contributed by atoms with Crippen LogP contribution in [-0.2, 0) is 16.1 Å². The van der Waals surface area contributed by atoms with Crippen molar-refractivity contribution in [2.45, 2.75) is 76.2 Å². The molecule has 13 heteroatoms. The highest BCUT2D eigenvalue weighted by Gasteiger charge is 2.66. The summed E-state index contributed by atoms with van der Waals surface area (Å²) in [6.07, 6.45) is 7.74. The fraction of sp³-hybridized carbons (Fsp3) is 0.322. The second-order valence-corrected chi connectivity index (χ2v) is 18.6. The van der Waals surface area contributed by atoms with Crippen LogP contribution in [0.3, 0.4) is 0 Å². The molecule has 1 heterocycles. The smallest absolute Gasteiger partial charge is 0.416 e. The minimum Gasteiger partial charge on any atom is -0.459 e. The minimum atomic E-state index is -1.58. The molecule has 1 amide bonds. The lowest BCUT2D eigenvalue weighted by Crippen LogP contribution is -2.70. The minimum absolute atomic E-state index is 0.0203. The summed E-state index contributed by atoms with van der Waals surface area (Å²) in [6, 6.07) is 42.5. The largest absolute Gasteiger partial charge is 0.459 e. The second kappa shape index (κ2) is 22.8. The quantitative estimate of drug-likeness (QED) is 0.0307. The number of carbonyl (C=O) groups is 1. The van der Waals surface area contributed by atoms with Crippen LogP contribution in [0.25, 0.3) is 21.9 Å². The monoisotopic (exact) mass is 971 g/mol. The molecule has 0 saturated heterocycles. The first-order valence-electron chi connectivity index (χ1n) is 25.0. The molecule has 13 nitrogen and oxygen atoms in total. The second-order valence-electron chi connectivity index (χ2n) is 18.6. The molecule has 6 aromatic rings. The zero-order valence-corrected chi connectivity index (χ0v) is 40.5. The van der Waals surface area contributed by atoms with Gasteiger partial charge < -0.3 is 34.0 Å². The number of aliphatic hydroxyl groups is 2. The molecule has 1 fully saturated rings. The van der Waals surface area contributed by atoms with E-state index in [9.17, 15) is 20.3 Å². The molecule has 0 radical (unpaired) electrons. The number of non-ortho nitro benzene ring substituents is 1. The van der Waals surface area contributed by atoms with E-state index in [1.165, 1.54) is 24.3 Å². The number of aliphatic hydroxyl groups excluding tert-OH is 2. The van der Waals surface area contributed by atoms with E-state index in [1.807, 2.05) is 104 Å². The molecular formula is C59H61N3O10. The van der Waals surface area contributed by atoms with Gasteiger partial charge >= 0.3 is 6.09 Å². The van der Waals surface area contributed by atoms with Gasteiger partial charge in [0.15, 0.2) is 0 Å². The summed E-state index contributed by atoms with van der Waals surface area (Å²) >= 11 is 0. The van der Waals surface area contributed by atoms with E-state index in [0.29, 0.717) is 42.4 Å². The molecule has 0 unspecified atom stereocenters. The first kappa shape index (κ1) is 49.7. The van der Waals surface area contributed by atoms with E-state index < -0.39 is 28.8 Å². The third kappa shape index (κ3) is 10.5. The third-order valence-electron chi connectivity index (χ3n) is 14.2. The predicted molar refractivity (Wildman–Crippen MR) is 277 cm³/mol. The zero-order valence-electron chi connectivity index (χ0n) is 40.5. The van der Waals surface area contributed by atoms with Gasteiger partial charge in [0.05, 0.1) is 29.7 Å². The first-order chi connectivity index (χ1) is 35.2. The molecule has 3 aliphatic rings. The number of hydrogen-bond acceptors (Lipinski definition) is 11. The number of rotatable bonds is 21. The Balaban J connectivity index is 1.22. The number of benzene rings is 6. The molecule has 6 atom stereocenters. The summed E-state index contributed by atoms with van der Waals surface area (Å²) in [5, 5.41) is 38.5. The lowest BCUT2D eigenvalue weighted by atomic mass is 9.55. The van der Waals surface area contributed by atoms with Gasteiger partial charge in [-0.1, -0.05) is 115 Å². The maximum Gasteiger partial charge on any atom is 0.416 e. The molecule has 1 saturated carbocycles. The molecule has 0 aromatic heterocycles. The van der Waals surface area contributed by atoms with Crippen molar-refractivity contribution in [1.29, 1.82) is 0 Å². The summed E-state index contributed by atoms with van der Waals surface area (Å²) in [4.78, 5) is 34.1. The highest BCUT2D eigenvalue weighted by Crippen LogP contribution is 2.62. The molecule has 9 rings (SSSR count). The van der Waals surface area contributed by atoms with Crippen LogP contribution in [0, 0.1) is 27.9 Å². The van der Waals surface area contributed by atoms with E-state index >= 15 is 4.79 Å². The SMILES string of the molecule is C=CCO[C@@]12Oc3ccc(Oc4ccc(-c5ccccc5)cc4)cc3[C@H]3[C@H](CCCCO)[C@@H](CCCCO)C=C(C(=NOCC)C[C@@H]1N(Cc1cccc4ccccc14)C(=O)Oc1ccc([N+](=O)[O-])cc1)[C@H]32. The highest BCUT2D eigenvalue weighted by molar-refractivity contribution is 6.03. The molecule has 1 aliphatic heterocycles. The van der Waals surface area contributed by atoms with Crippen LogP contribution in [0.15, 0.2) is 169 Å². The average Bonchev–Trinajstić information content (AvgIpc) is 3.40. The number of nitro groups is 1. The van der Waals surface area contributed by atoms with E-state index in [1.54, 1.807) is 11.0 Å². The van der Waals surface area contributed by atoms with Crippen molar-refractivity contribution in [2.75, 3.05) is 26.4 Å². The fourth-order valence-electron chi connectivity index (χ4n) is 11.0. The summed E-state index contributed by atoms with van der Waals surface area (Å²) in [5.74, 6) is -0.500. The number of hydrogen-bond donors (Lipinski definition) is 2. The third-order valence-corrected chi connectivity index (χ3v) is 14.2. The van der Waals surface area contributed by atoms with Crippen molar-refractivity contribution >= 4 is 28.3 Å². The Morgan fingerprint density at radius 1 is 0.847 bits per heavy atom. The first-order valence-corrected chi connectivity index (χ1v) is 25.0. The summed E-state index contributed by atoms with van der Waals surface area (Å²) in [7, 11) is 0. The van der Waals surface area contributed by atoms with Crippen LogP contribution in [0.4, 0.5) is 10.5 Å². The van der Waals surface area contributed by atoms with Gasteiger partial charge in [-0.25, -0.2) is 4.79 Å². The van der Waals surface area contributed by atoms with Gasteiger partial charge in [-0.2, -0.15) is 0 Å². The Morgan fingerprint density at radius 3 is 2.28 bits per heavy atom. The van der Waals surface area contributed by atoms with E-state index in [2.05, 4.69) is 30.9 Å². The Kier molecular flexibility index (Phi) is 15.7. The number of unbranched alkanes of at least 4 members (excludes halogenated alkanes) is 2. The van der Waals surface area contributed by atoms with Gasteiger partial charge in [0.1, 0.15) is 35.6 Å². The van der Waals surface area contributed by atoms with Gasteiger partial charge in [-0.3, -0.25) is 15.0 Å². The van der Waals surface area contributed by atoms with Crippen molar-refractivity contribution in [2.24, 2.45) is 22.9 Å². The number of amides is 1. The average molecular weight is 972 g/mol. The van der Waals surface area contributed by atoms with Crippen molar-refractivity contribution in [3.63, 3.8) is 0 Å². The van der Waals surface area contributed by atoms with Gasteiger partial charge in [-0.05, 0) is 120 Å². The van der Waals surface area contributed by atoms with Gasteiger partial charge in [0.2, 0.25) is 5.79 Å². The number of ether oxygens (including phenoxy) is 4. The summed E-state index contributed by atoms with van der Waals surface area (Å²) in [5.41, 5.74) is 5.32. The number of carbonyl (C=O) groups excluding carboxylic acids is 1. The fourth-order valence-corrected chi connectivity index (χ4v) is 11.0. The van der Waals surface area contributed by atoms with E-state index in [4.69, 9.17) is 28.9 Å². The topological polar surface area (TPSA) is 162 Å². The van der Waals surface area contributed by atoms with Crippen molar-refractivity contribution in [3.8, 4) is 34.1 Å². The highest BCUT2D eigenvalue weighted by atomic mass is 16.7. The number of allylic oxidation sites excluding steroid dienone is 1. The molecular weight excluding hydrogens is 911 g/mol. The Labute approximate surface area is 420 Å². The number of oxime groups is 1. The molecule has 2 N–H and O–H groups in total. The van der Waals surface area contributed by atoms with Crippen molar-refractivity contribution in [3.05, 3.63) is 185 Å². The van der Waals surface area contributed by atoms with Gasteiger partial charge in [0.25, 0.3) is 5.69 Å². The normalized spacial score (nSPS) is 21.4. The van der Waals surface area contributed by atoms with Crippen molar-refractivity contribution in [1.82, 2.24) is 4.90 Å². The van der Waals surface area contributed by atoms with Gasteiger partial charge in [-0.15, -0.1) is 6.58 Å². The van der Waals surface area contributed by atoms with E-state index in [-0.39, 0.29) is 62.0 Å². The Bertz CT molecular complexity index is 2900. The van der Waals surface area contributed by atoms with Crippen molar-refractivity contribution < 1.29 is 43.7 Å². The zero-order chi connectivity index (χ0) is 50.0. The maximum absolute atomic E-state index is 15.3. The van der Waals surface area contributed by atoms with Crippen LogP contribution < -0.4 is 14.2 Å².